The van der Waals surface area contributed by atoms with E-state index >= 15 is 0 Å². The van der Waals surface area contributed by atoms with Crippen LogP contribution in [-0.4, -0.2) is 36.7 Å². The Labute approximate surface area is 186 Å². The summed E-state index contributed by atoms with van der Waals surface area (Å²) in [6.07, 6.45) is 3.44. The highest BCUT2D eigenvalue weighted by Crippen LogP contribution is 2.29. The predicted molar refractivity (Wildman–Crippen MR) is 122 cm³/mol. The molecule has 1 fully saturated rings. The molecular formula is C23H23N3O3S2. The molecule has 2 aromatic carbocycles. The first-order valence-electron chi connectivity index (χ1n) is 10.0. The highest BCUT2D eigenvalue weighted by molar-refractivity contribution is 7.99. The Kier molecular flexibility index (Phi) is 6.41. The quantitative estimate of drug-likeness (QED) is 0.591. The van der Waals surface area contributed by atoms with Gasteiger partial charge in [0.15, 0.2) is 0 Å². The molecule has 0 aliphatic carbocycles. The minimum absolute atomic E-state index is 0.240. The Balaban J connectivity index is 1.49. The first-order chi connectivity index (χ1) is 14.9. The van der Waals surface area contributed by atoms with E-state index in [2.05, 4.69) is 10.3 Å². The molecule has 0 unspecified atom stereocenters. The van der Waals surface area contributed by atoms with Crippen molar-refractivity contribution in [3.05, 3.63) is 78.0 Å². The van der Waals surface area contributed by atoms with Crippen molar-refractivity contribution in [1.82, 2.24) is 9.29 Å². The summed E-state index contributed by atoms with van der Waals surface area (Å²) in [5.41, 5.74) is 2.15. The number of pyridine rings is 1. The molecule has 31 heavy (non-hydrogen) atoms. The number of hydrogen-bond donors (Lipinski definition) is 1. The third kappa shape index (κ3) is 4.98. The zero-order valence-corrected chi connectivity index (χ0v) is 18.7. The van der Waals surface area contributed by atoms with Crippen LogP contribution in [0, 0.1) is 6.92 Å². The van der Waals surface area contributed by atoms with Crippen molar-refractivity contribution in [2.24, 2.45) is 0 Å². The van der Waals surface area contributed by atoms with Gasteiger partial charge in [0.2, 0.25) is 10.0 Å². The van der Waals surface area contributed by atoms with Crippen molar-refractivity contribution < 1.29 is 13.2 Å². The first kappa shape index (κ1) is 21.5. The lowest BCUT2D eigenvalue weighted by Crippen LogP contribution is -2.27. The van der Waals surface area contributed by atoms with Crippen molar-refractivity contribution in [2.75, 3.05) is 18.4 Å². The molecule has 8 heteroatoms. The van der Waals surface area contributed by atoms with E-state index < -0.39 is 10.0 Å². The van der Waals surface area contributed by atoms with Crippen LogP contribution in [0.15, 0.2) is 81.7 Å². The van der Waals surface area contributed by atoms with Crippen LogP contribution in [0.25, 0.3) is 0 Å². The first-order valence-corrected chi connectivity index (χ1v) is 12.3. The summed E-state index contributed by atoms with van der Waals surface area (Å²) in [6.45, 7) is 3.14. The van der Waals surface area contributed by atoms with E-state index in [4.69, 9.17) is 0 Å². The predicted octanol–water partition coefficient (Wildman–Crippen LogP) is 4.58. The molecule has 1 saturated heterocycles. The largest absolute Gasteiger partial charge is 0.322 e. The Hall–Kier alpha value is -2.68. The average molecular weight is 454 g/mol. The van der Waals surface area contributed by atoms with Crippen molar-refractivity contribution in [2.45, 2.75) is 34.6 Å². The van der Waals surface area contributed by atoms with E-state index in [0.717, 1.165) is 17.7 Å². The van der Waals surface area contributed by atoms with Gasteiger partial charge in [-0.1, -0.05) is 29.5 Å². The number of nitrogens with one attached hydrogen (secondary N) is 1. The molecular weight excluding hydrogens is 430 g/mol. The lowest BCUT2D eigenvalue weighted by Gasteiger charge is -2.15. The molecule has 0 bridgehead atoms. The summed E-state index contributed by atoms with van der Waals surface area (Å²) >= 11 is 1.42. The highest BCUT2D eigenvalue weighted by Gasteiger charge is 2.27. The summed E-state index contributed by atoms with van der Waals surface area (Å²) in [6, 6.07) is 17.8. The van der Waals surface area contributed by atoms with Gasteiger partial charge in [-0.15, -0.1) is 0 Å². The summed E-state index contributed by atoms with van der Waals surface area (Å²) in [5, 5.41) is 3.45. The molecule has 1 aromatic heterocycles. The number of benzene rings is 2. The Morgan fingerprint density at radius 3 is 2.35 bits per heavy atom. The second-order valence-corrected chi connectivity index (χ2v) is 10.4. The van der Waals surface area contributed by atoms with E-state index in [1.165, 1.54) is 33.8 Å². The standard InChI is InChI=1S/C23H23N3O3S2/c1-17-6-10-19(11-7-17)30-23-21(5-4-14-24-23)22(27)25-18-8-12-20(13-9-18)31(28,29)26-15-2-3-16-26/h4-14H,2-3,15-16H2,1H3,(H,25,27). The zero-order chi connectivity index (χ0) is 21.8. The van der Waals surface area contributed by atoms with E-state index in [1.54, 1.807) is 30.5 Å². The van der Waals surface area contributed by atoms with E-state index in [1.807, 2.05) is 31.2 Å². The van der Waals surface area contributed by atoms with Gasteiger partial charge in [-0.2, -0.15) is 4.31 Å². The summed E-state index contributed by atoms with van der Waals surface area (Å²) < 4.78 is 26.8. The zero-order valence-electron chi connectivity index (χ0n) is 17.1. The molecule has 4 rings (SSSR count). The normalized spacial score (nSPS) is 14.5. The van der Waals surface area contributed by atoms with Crippen LogP contribution in [0.1, 0.15) is 28.8 Å². The third-order valence-electron chi connectivity index (χ3n) is 5.07. The van der Waals surface area contributed by atoms with Crippen LogP contribution in [0.3, 0.4) is 0 Å². The summed E-state index contributed by atoms with van der Waals surface area (Å²) in [4.78, 5) is 18.5. The van der Waals surface area contributed by atoms with Crippen LogP contribution in [0.5, 0.6) is 0 Å². The number of carbonyl (C=O) groups excluding carboxylic acids is 1. The van der Waals surface area contributed by atoms with Crippen LogP contribution < -0.4 is 5.32 Å². The second kappa shape index (κ2) is 9.21. The minimum Gasteiger partial charge on any atom is -0.322 e. The Bertz CT molecular complexity index is 1170. The number of rotatable bonds is 6. The van der Waals surface area contributed by atoms with Crippen molar-refractivity contribution in [3.63, 3.8) is 0 Å². The van der Waals surface area contributed by atoms with Crippen LogP contribution in [0.2, 0.25) is 0 Å². The van der Waals surface area contributed by atoms with E-state index in [9.17, 15) is 13.2 Å². The van der Waals surface area contributed by atoms with E-state index in [-0.39, 0.29) is 10.8 Å². The monoisotopic (exact) mass is 453 g/mol. The van der Waals surface area contributed by atoms with Crippen LogP contribution in [0.4, 0.5) is 5.69 Å². The number of aryl methyl sites for hydroxylation is 1. The molecule has 1 aliphatic rings. The van der Waals surface area contributed by atoms with Gasteiger partial charge in [-0.3, -0.25) is 4.79 Å². The van der Waals surface area contributed by atoms with E-state index in [0.29, 0.717) is 29.4 Å². The maximum absolute atomic E-state index is 12.9. The molecule has 2 heterocycles. The third-order valence-corrected chi connectivity index (χ3v) is 8.01. The fourth-order valence-electron chi connectivity index (χ4n) is 3.35. The minimum atomic E-state index is -3.47. The topological polar surface area (TPSA) is 79.4 Å². The smallest absolute Gasteiger partial charge is 0.258 e. The summed E-state index contributed by atoms with van der Waals surface area (Å²) in [5.74, 6) is -0.294. The SMILES string of the molecule is Cc1ccc(Sc2ncccc2C(=O)Nc2ccc(S(=O)(=O)N3CCCC3)cc2)cc1. The van der Waals surface area contributed by atoms with Gasteiger partial charge in [0.1, 0.15) is 5.03 Å². The molecule has 3 aromatic rings. The lowest BCUT2D eigenvalue weighted by molar-refractivity contribution is 0.102. The van der Waals surface area contributed by atoms with Gasteiger partial charge in [0.25, 0.3) is 5.91 Å². The highest BCUT2D eigenvalue weighted by atomic mass is 32.2. The molecule has 0 saturated carbocycles. The number of anilines is 1. The molecule has 1 amide bonds. The van der Waals surface area contributed by atoms with Gasteiger partial charge < -0.3 is 5.32 Å². The van der Waals surface area contributed by atoms with Gasteiger partial charge in [0.05, 0.1) is 10.5 Å². The molecule has 1 aliphatic heterocycles. The van der Waals surface area contributed by atoms with Crippen LogP contribution >= 0.6 is 11.8 Å². The maximum Gasteiger partial charge on any atom is 0.258 e. The fraction of sp³-hybridized carbons (Fsp3) is 0.217. The Morgan fingerprint density at radius 1 is 1.00 bits per heavy atom. The number of sulfonamides is 1. The molecule has 1 N–H and O–H groups in total. The molecule has 0 radical (unpaired) electrons. The molecule has 0 spiro atoms. The van der Waals surface area contributed by atoms with Gasteiger partial charge in [-0.05, 0) is 68.3 Å². The molecule has 6 nitrogen and oxygen atoms in total. The molecule has 0 atom stereocenters. The number of amides is 1. The van der Waals surface area contributed by atoms with Crippen LogP contribution in [-0.2, 0) is 10.0 Å². The summed E-state index contributed by atoms with van der Waals surface area (Å²) in [7, 11) is -3.47. The second-order valence-electron chi connectivity index (χ2n) is 7.36. The average Bonchev–Trinajstić information content (AvgIpc) is 3.32. The van der Waals surface area contributed by atoms with Crippen molar-refractivity contribution in [3.8, 4) is 0 Å². The fourth-order valence-corrected chi connectivity index (χ4v) is 5.75. The van der Waals surface area contributed by atoms with Crippen molar-refractivity contribution >= 4 is 33.4 Å². The van der Waals surface area contributed by atoms with Gasteiger partial charge >= 0.3 is 0 Å². The number of nitrogens with zero attached hydrogens (tertiary/aromatic N) is 2. The van der Waals surface area contributed by atoms with Gasteiger partial charge in [0, 0.05) is 29.9 Å². The lowest BCUT2D eigenvalue weighted by atomic mass is 10.2. The number of carbonyl (C=O) groups is 1. The molecule has 160 valence electrons. The van der Waals surface area contributed by atoms with Gasteiger partial charge in [-0.25, -0.2) is 13.4 Å². The number of aromatic nitrogens is 1. The Morgan fingerprint density at radius 2 is 1.68 bits per heavy atom. The maximum atomic E-state index is 12.9. The number of hydrogen-bond acceptors (Lipinski definition) is 5. The van der Waals surface area contributed by atoms with Crippen molar-refractivity contribution in [1.29, 1.82) is 0 Å².